The molecule has 0 aromatic rings. The average Bonchev–Trinajstić information content (AvgIpc) is 2.20. The van der Waals surface area contributed by atoms with Gasteiger partial charge in [-0.1, -0.05) is 0 Å². The second-order valence-electron chi connectivity index (χ2n) is 3.47. The average molecular weight is 222 g/mol. The lowest BCUT2D eigenvalue weighted by Crippen LogP contribution is -2.55. The van der Waals surface area contributed by atoms with Gasteiger partial charge in [0.1, 0.15) is 18.3 Å². The van der Waals surface area contributed by atoms with Crippen molar-refractivity contribution >= 4 is 5.97 Å². The highest BCUT2D eigenvalue weighted by Gasteiger charge is 2.42. The second kappa shape index (κ2) is 4.86. The van der Waals surface area contributed by atoms with Crippen molar-refractivity contribution in [1.82, 2.24) is 0 Å². The maximum Gasteiger partial charge on any atom is 0.332 e. The molecule has 1 heterocycles. The number of aliphatic hydroxyl groups excluding tert-OH is 4. The summed E-state index contributed by atoms with van der Waals surface area (Å²) in [6.45, 7) is -0.680. The van der Waals surface area contributed by atoms with Crippen molar-refractivity contribution in [3.05, 3.63) is 0 Å². The molecule has 88 valence electrons. The Hall–Kier alpha value is -0.730. The first-order chi connectivity index (χ1) is 6.97. The molecule has 0 aromatic heterocycles. The molecule has 0 bridgehead atoms. The molecule has 0 saturated carbocycles. The van der Waals surface area contributed by atoms with E-state index < -0.39 is 43.1 Å². The van der Waals surface area contributed by atoms with Crippen LogP contribution in [0.4, 0.5) is 0 Å². The lowest BCUT2D eigenvalue weighted by molar-refractivity contribution is -0.212. The molecule has 0 unspecified atom stereocenters. The van der Waals surface area contributed by atoms with Gasteiger partial charge in [-0.2, -0.15) is 0 Å². The molecule has 15 heavy (non-hydrogen) atoms. The van der Waals surface area contributed by atoms with E-state index in [1.165, 1.54) is 0 Å². The molecule has 5 N–H and O–H groups in total. The number of hydrogen-bond donors (Lipinski definition) is 5. The van der Waals surface area contributed by atoms with E-state index in [1.807, 2.05) is 0 Å². The van der Waals surface area contributed by atoms with Gasteiger partial charge in [0.05, 0.1) is 12.7 Å². The Bertz CT molecular complexity index is 231. The Labute approximate surface area is 85.5 Å². The first kappa shape index (κ1) is 12.3. The summed E-state index contributed by atoms with van der Waals surface area (Å²) in [5.74, 6) is -1.28. The number of ether oxygens (including phenoxy) is 1. The molecule has 0 spiro atoms. The predicted octanol–water partition coefficient (Wildman–Crippen LogP) is -2.70. The quantitative estimate of drug-likeness (QED) is 0.351. The number of aliphatic hydroxyl groups is 4. The maximum atomic E-state index is 10.6. The van der Waals surface area contributed by atoms with Crippen molar-refractivity contribution in [2.45, 2.75) is 36.9 Å². The molecule has 0 radical (unpaired) electrons. The zero-order chi connectivity index (χ0) is 11.6. The summed E-state index contributed by atoms with van der Waals surface area (Å²) in [5, 5.41) is 45.3. The van der Waals surface area contributed by atoms with Crippen LogP contribution in [0.3, 0.4) is 0 Å². The van der Waals surface area contributed by atoms with Crippen molar-refractivity contribution in [2.24, 2.45) is 0 Å². The minimum atomic E-state index is -1.42. The highest BCUT2D eigenvalue weighted by atomic mass is 16.6. The van der Waals surface area contributed by atoms with E-state index in [9.17, 15) is 20.1 Å². The molecule has 1 rings (SSSR count). The van der Waals surface area contributed by atoms with Crippen LogP contribution in [0, 0.1) is 0 Å². The Morgan fingerprint density at radius 3 is 2.53 bits per heavy atom. The summed E-state index contributed by atoms with van der Waals surface area (Å²) in [7, 11) is 0. The van der Waals surface area contributed by atoms with Crippen LogP contribution < -0.4 is 0 Å². The SMILES string of the molecule is O=C(O)[C@H]1C[C@@H](O)[C@@H](O)[C@H]([C@@H](O)CO)O1. The van der Waals surface area contributed by atoms with Crippen molar-refractivity contribution in [3.8, 4) is 0 Å². The van der Waals surface area contributed by atoms with Gasteiger partial charge in [-0.15, -0.1) is 0 Å². The van der Waals surface area contributed by atoms with Crippen LogP contribution >= 0.6 is 0 Å². The summed E-state index contributed by atoms with van der Waals surface area (Å²) < 4.78 is 4.86. The van der Waals surface area contributed by atoms with Gasteiger partial charge in [0.15, 0.2) is 6.10 Å². The van der Waals surface area contributed by atoms with Crippen molar-refractivity contribution < 1.29 is 35.1 Å². The summed E-state index contributed by atoms with van der Waals surface area (Å²) in [5.41, 5.74) is 0. The van der Waals surface area contributed by atoms with E-state index in [0.717, 1.165) is 0 Å². The molecule has 0 aliphatic carbocycles. The van der Waals surface area contributed by atoms with Crippen LogP contribution in [0.15, 0.2) is 0 Å². The molecule has 7 nitrogen and oxygen atoms in total. The van der Waals surface area contributed by atoms with Gasteiger partial charge in [-0.25, -0.2) is 4.79 Å². The van der Waals surface area contributed by atoms with Crippen LogP contribution in [0.2, 0.25) is 0 Å². The standard InChI is InChI=1S/C8H14O7/c9-2-4(11)7-6(12)3(10)1-5(15-7)8(13)14/h3-7,9-12H,1-2H2,(H,13,14)/t3-,4+,5-,6-,7+/m1/s1. The Balaban J connectivity index is 2.72. The predicted molar refractivity (Wildman–Crippen MR) is 46.0 cm³/mol. The van der Waals surface area contributed by atoms with Crippen molar-refractivity contribution in [1.29, 1.82) is 0 Å². The topological polar surface area (TPSA) is 127 Å². The summed E-state index contributed by atoms with van der Waals surface area (Å²) in [4.78, 5) is 10.6. The third-order valence-electron chi connectivity index (χ3n) is 2.35. The zero-order valence-electron chi connectivity index (χ0n) is 7.85. The monoisotopic (exact) mass is 222 g/mol. The van der Waals surface area contributed by atoms with E-state index in [4.69, 9.17) is 14.9 Å². The first-order valence-electron chi connectivity index (χ1n) is 4.50. The number of hydrogen-bond acceptors (Lipinski definition) is 6. The van der Waals surface area contributed by atoms with Crippen molar-refractivity contribution in [3.63, 3.8) is 0 Å². The molecule has 1 aliphatic heterocycles. The van der Waals surface area contributed by atoms with E-state index >= 15 is 0 Å². The molecule has 0 amide bonds. The van der Waals surface area contributed by atoms with E-state index in [2.05, 4.69) is 0 Å². The molecule has 1 saturated heterocycles. The number of carboxylic acids is 1. The number of aliphatic carboxylic acids is 1. The maximum absolute atomic E-state index is 10.6. The van der Waals surface area contributed by atoms with Crippen LogP contribution in [-0.2, 0) is 9.53 Å². The molecular weight excluding hydrogens is 208 g/mol. The first-order valence-corrected chi connectivity index (χ1v) is 4.50. The van der Waals surface area contributed by atoms with E-state index in [1.54, 1.807) is 0 Å². The van der Waals surface area contributed by atoms with Gasteiger partial charge in [-0.05, 0) is 0 Å². The van der Waals surface area contributed by atoms with Crippen LogP contribution in [0.1, 0.15) is 6.42 Å². The van der Waals surface area contributed by atoms with Gasteiger partial charge in [0.2, 0.25) is 0 Å². The number of carbonyl (C=O) groups is 1. The van der Waals surface area contributed by atoms with Crippen LogP contribution in [0.25, 0.3) is 0 Å². The summed E-state index contributed by atoms with van der Waals surface area (Å²) >= 11 is 0. The fourth-order valence-electron chi connectivity index (χ4n) is 1.48. The van der Waals surface area contributed by atoms with Gasteiger partial charge < -0.3 is 30.3 Å². The highest BCUT2D eigenvalue weighted by molar-refractivity contribution is 5.72. The highest BCUT2D eigenvalue weighted by Crippen LogP contribution is 2.22. The lowest BCUT2D eigenvalue weighted by Gasteiger charge is -2.37. The van der Waals surface area contributed by atoms with Gasteiger partial charge in [0.25, 0.3) is 0 Å². The molecular formula is C8H14O7. The fourth-order valence-corrected chi connectivity index (χ4v) is 1.48. The largest absolute Gasteiger partial charge is 0.479 e. The Kier molecular flexibility index (Phi) is 4.00. The van der Waals surface area contributed by atoms with Gasteiger partial charge >= 0.3 is 5.97 Å². The Morgan fingerprint density at radius 2 is 2.07 bits per heavy atom. The number of carboxylic acid groups (broad SMARTS) is 1. The fraction of sp³-hybridized carbons (Fsp3) is 0.875. The normalized spacial score (nSPS) is 38.7. The van der Waals surface area contributed by atoms with Crippen LogP contribution in [0.5, 0.6) is 0 Å². The minimum absolute atomic E-state index is 0.245. The third-order valence-corrected chi connectivity index (χ3v) is 2.35. The molecule has 7 heteroatoms. The van der Waals surface area contributed by atoms with E-state index in [-0.39, 0.29) is 6.42 Å². The van der Waals surface area contributed by atoms with Gasteiger partial charge in [0, 0.05) is 6.42 Å². The minimum Gasteiger partial charge on any atom is -0.479 e. The summed E-state index contributed by atoms with van der Waals surface area (Å²) in [6.07, 6.45) is -6.93. The summed E-state index contributed by atoms with van der Waals surface area (Å²) in [6, 6.07) is 0. The second-order valence-corrected chi connectivity index (χ2v) is 3.47. The smallest absolute Gasteiger partial charge is 0.332 e. The third kappa shape index (κ3) is 2.64. The molecule has 1 fully saturated rings. The Morgan fingerprint density at radius 1 is 1.47 bits per heavy atom. The van der Waals surface area contributed by atoms with E-state index in [0.29, 0.717) is 0 Å². The molecule has 1 aliphatic rings. The molecule has 0 aromatic carbocycles. The zero-order valence-corrected chi connectivity index (χ0v) is 7.85. The van der Waals surface area contributed by atoms with Crippen molar-refractivity contribution in [2.75, 3.05) is 6.61 Å². The van der Waals surface area contributed by atoms with Gasteiger partial charge in [-0.3, -0.25) is 0 Å². The lowest BCUT2D eigenvalue weighted by atomic mass is 9.95. The van der Waals surface area contributed by atoms with Crippen LogP contribution in [-0.4, -0.2) is 68.6 Å². The molecule has 5 atom stereocenters. The number of rotatable bonds is 3.